The summed E-state index contributed by atoms with van der Waals surface area (Å²) in [4.78, 5) is 48.1. The minimum absolute atomic E-state index is 0.0130. The number of hydrogen-bond donors (Lipinski definition) is 2. The van der Waals surface area contributed by atoms with E-state index in [1.54, 1.807) is 17.3 Å². The fourth-order valence-corrected chi connectivity index (χ4v) is 9.14. The summed E-state index contributed by atoms with van der Waals surface area (Å²) in [5.41, 5.74) is 8.55. The first-order chi connectivity index (χ1) is 46.4. The van der Waals surface area contributed by atoms with E-state index < -0.39 is 5.97 Å². The Bertz CT molecular complexity index is 2820. The number of aliphatic carboxylic acids is 1. The quantitative estimate of drug-likeness (QED) is 0.0479. The number of benzene rings is 2. The first-order valence-corrected chi connectivity index (χ1v) is 32.4. The number of carboxylic acids is 1. The molecular weight excluding hydrogens is 1220 g/mol. The number of aryl methyl sites for hydroxylation is 2. The molecule has 1 aliphatic rings. The number of aromatic nitrogens is 5. The van der Waals surface area contributed by atoms with E-state index in [0.29, 0.717) is 230 Å². The minimum atomic E-state index is -0.882. The monoisotopic (exact) mass is 1320 g/mol. The van der Waals surface area contributed by atoms with Crippen LogP contribution in [0.1, 0.15) is 36.0 Å². The van der Waals surface area contributed by atoms with E-state index in [9.17, 15) is 14.4 Å². The van der Waals surface area contributed by atoms with Crippen molar-refractivity contribution in [3.05, 3.63) is 102 Å². The van der Waals surface area contributed by atoms with Crippen LogP contribution >= 0.6 is 0 Å². The Hall–Kier alpha value is -6.35. The predicted molar refractivity (Wildman–Crippen MR) is 346 cm³/mol. The Morgan fingerprint density at radius 2 is 0.862 bits per heavy atom. The van der Waals surface area contributed by atoms with Gasteiger partial charge in [-0.3, -0.25) is 24.4 Å². The minimum Gasteiger partial charge on any atom is -0.481 e. The molecule has 3 aromatic heterocycles. The molecule has 4 heterocycles. The number of hydrogen-bond acceptors (Lipinski definition) is 23. The summed E-state index contributed by atoms with van der Waals surface area (Å²) in [6, 6.07) is 23.5. The summed E-state index contributed by atoms with van der Waals surface area (Å²) >= 11 is 0. The third-order valence-electron chi connectivity index (χ3n) is 13.9. The Balaban J connectivity index is 0.662. The molecule has 27 heteroatoms. The molecule has 0 unspecified atom stereocenters. The molecule has 2 amide bonds. The molecule has 0 bridgehead atoms. The maximum atomic E-state index is 14.1. The van der Waals surface area contributed by atoms with E-state index in [-0.39, 0.29) is 44.2 Å². The SMILES string of the molecule is Cc1ccnc(-c2cc(CCC(=O)NCCC(=O)N3Cc4ccccc4-c4c(nnn4CCOCCOCCOCCOCCOCCOCCOCCOCCOCCOCCOCCOCCOCCOCCOCCOCCC(=O)O)-c4ccccc43)ccn2)c1. The number of ether oxygens (including phenoxy) is 16. The smallest absolute Gasteiger partial charge is 0.305 e. The highest BCUT2D eigenvalue weighted by Crippen LogP contribution is 2.41. The summed E-state index contributed by atoms with van der Waals surface area (Å²) in [5, 5.41) is 20.7. The van der Waals surface area contributed by atoms with Crippen molar-refractivity contribution in [2.24, 2.45) is 0 Å². The molecule has 520 valence electrons. The molecule has 0 spiro atoms. The number of rotatable bonds is 58. The average molecular weight is 1320 g/mol. The number of anilines is 1. The molecular formula is C67H97N7O20. The van der Waals surface area contributed by atoms with Gasteiger partial charge in [-0.2, -0.15) is 0 Å². The molecule has 0 saturated heterocycles. The van der Waals surface area contributed by atoms with Crippen LogP contribution in [0.4, 0.5) is 5.69 Å². The van der Waals surface area contributed by atoms with Crippen molar-refractivity contribution in [2.45, 2.75) is 45.7 Å². The Labute approximate surface area is 551 Å². The molecule has 0 fully saturated rings. The van der Waals surface area contributed by atoms with Crippen LogP contribution in [0.25, 0.3) is 33.9 Å². The fourth-order valence-electron chi connectivity index (χ4n) is 9.14. The van der Waals surface area contributed by atoms with Crippen LogP contribution in [0.2, 0.25) is 0 Å². The first kappa shape index (κ1) is 76.7. The number of nitrogens with zero attached hydrogens (tertiary/aromatic N) is 6. The van der Waals surface area contributed by atoms with Gasteiger partial charge in [0.05, 0.1) is 254 Å². The molecule has 0 radical (unpaired) electrons. The lowest BCUT2D eigenvalue weighted by Gasteiger charge is -2.28. The highest BCUT2D eigenvalue weighted by Gasteiger charge is 2.29. The van der Waals surface area contributed by atoms with Crippen molar-refractivity contribution >= 4 is 23.5 Å². The molecule has 6 rings (SSSR count). The normalized spacial score (nSPS) is 11.9. The number of para-hydroxylation sites is 1. The van der Waals surface area contributed by atoms with E-state index in [1.807, 2.05) is 84.4 Å². The van der Waals surface area contributed by atoms with Gasteiger partial charge in [-0.1, -0.05) is 47.7 Å². The summed E-state index contributed by atoms with van der Waals surface area (Å²) < 4.78 is 90.4. The van der Waals surface area contributed by atoms with E-state index in [4.69, 9.17) is 80.9 Å². The van der Waals surface area contributed by atoms with Gasteiger partial charge in [0.15, 0.2) is 0 Å². The van der Waals surface area contributed by atoms with Crippen molar-refractivity contribution in [3.63, 3.8) is 0 Å². The highest BCUT2D eigenvalue weighted by molar-refractivity contribution is 6.00. The average Bonchev–Trinajstić information content (AvgIpc) is 1.48. The second kappa shape index (κ2) is 50.1. The predicted octanol–water partition coefficient (Wildman–Crippen LogP) is 5.10. The topological polar surface area (TPSA) is 291 Å². The second-order valence-electron chi connectivity index (χ2n) is 21.0. The highest BCUT2D eigenvalue weighted by atomic mass is 16.6. The van der Waals surface area contributed by atoms with Crippen LogP contribution in [0, 0.1) is 6.92 Å². The third kappa shape index (κ3) is 32.9. The molecule has 0 atom stereocenters. The third-order valence-corrected chi connectivity index (χ3v) is 13.9. The van der Waals surface area contributed by atoms with Gasteiger partial charge in [-0.25, -0.2) is 4.68 Å². The van der Waals surface area contributed by atoms with Crippen LogP contribution in [0.5, 0.6) is 0 Å². The zero-order valence-electron chi connectivity index (χ0n) is 54.5. The van der Waals surface area contributed by atoms with Gasteiger partial charge in [-0.15, -0.1) is 5.10 Å². The van der Waals surface area contributed by atoms with Crippen molar-refractivity contribution in [1.29, 1.82) is 0 Å². The molecule has 27 nitrogen and oxygen atoms in total. The Morgan fingerprint density at radius 1 is 0.457 bits per heavy atom. The number of pyridine rings is 2. The van der Waals surface area contributed by atoms with Crippen molar-refractivity contribution in [2.75, 3.05) is 223 Å². The summed E-state index contributed by atoms with van der Waals surface area (Å²) in [7, 11) is 0. The number of carbonyl (C=O) groups excluding carboxylic acids is 2. The molecule has 0 aliphatic carbocycles. The number of amides is 2. The van der Waals surface area contributed by atoms with Crippen LogP contribution in [0.3, 0.4) is 0 Å². The lowest BCUT2D eigenvalue weighted by Crippen LogP contribution is -2.35. The molecule has 2 aromatic carbocycles. The molecule has 5 aromatic rings. The maximum Gasteiger partial charge on any atom is 0.305 e. The summed E-state index contributed by atoms with van der Waals surface area (Å²) in [6.07, 6.45) is 4.42. The van der Waals surface area contributed by atoms with E-state index in [2.05, 4.69) is 25.6 Å². The van der Waals surface area contributed by atoms with Gasteiger partial charge in [0.1, 0.15) is 5.69 Å². The fraction of sp³-hybridized carbons (Fsp3) is 0.597. The van der Waals surface area contributed by atoms with Gasteiger partial charge in [0.25, 0.3) is 0 Å². The lowest BCUT2D eigenvalue weighted by atomic mass is 9.95. The zero-order chi connectivity index (χ0) is 66.0. The standard InChI is InChI=1S/C67H97N7O20/c1-55-12-16-68-60(52-55)61-53-56(13-17-69-61)10-11-63(75)70-18-14-64(76)73-54-57-6-2-3-7-58(57)67-66(59-8-4-5-9-62(59)73)71-72-74(67)19-21-80-23-25-82-27-29-84-31-33-86-35-37-88-39-41-90-43-45-92-47-49-94-51-50-93-48-46-91-44-42-89-40-38-87-36-34-85-32-30-83-28-26-81-24-22-79-20-15-65(77)78/h2-9,12-13,16-17,52-53H,10-11,14-15,18-51,54H2,1H3,(H,70,75)(H,77,78). The van der Waals surface area contributed by atoms with Gasteiger partial charge in [0, 0.05) is 42.9 Å². The van der Waals surface area contributed by atoms with Crippen molar-refractivity contribution < 1.29 is 95.3 Å². The van der Waals surface area contributed by atoms with Crippen LogP contribution in [-0.2, 0) is 110 Å². The van der Waals surface area contributed by atoms with Crippen LogP contribution in [0.15, 0.2) is 85.2 Å². The summed E-state index contributed by atoms with van der Waals surface area (Å²) in [6.45, 7) is 17.1. The Morgan fingerprint density at radius 3 is 1.32 bits per heavy atom. The van der Waals surface area contributed by atoms with Gasteiger partial charge >= 0.3 is 5.97 Å². The van der Waals surface area contributed by atoms with Crippen molar-refractivity contribution in [3.8, 4) is 33.9 Å². The number of fused-ring (bicyclic) bond motifs is 5. The number of carbonyl (C=O) groups is 3. The van der Waals surface area contributed by atoms with Crippen LogP contribution < -0.4 is 10.2 Å². The van der Waals surface area contributed by atoms with Crippen LogP contribution in [-0.4, -0.2) is 266 Å². The van der Waals surface area contributed by atoms with E-state index >= 15 is 0 Å². The largest absolute Gasteiger partial charge is 0.481 e. The Kier molecular flexibility index (Phi) is 40.9. The zero-order valence-corrected chi connectivity index (χ0v) is 54.5. The van der Waals surface area contributed by atoms with Gasteiger partial charge < -0.3 is 91.1 Å². The number of nitrogens with one attached hydrogen (secondary N) is 1. The molecule has 2 N–H and O–H groups in total. The van der Waals surface area contributed by atoms with Crippen molar-refractivity contribution in [1.82, 2.24) is 30.3 Å². The molecule has 0 saturated carbocycles. The van der Waals surface area contributed by atoms with Gasteiger partial charge in [0.2, 0.25) is 11.8 Å². The van der Waals surface area contributed by atoms with E-state index in [1.165, 1.54) is 0 Å². The second-order valence-corrected chi connectivity index (χ2v) is 21.0. The number of carboxylic acid groups (broad SMARTS) is 1. The first-order valence-electron chi connectivity index (χ1n) is 32.4. The summed E-state index contributed by atoms with van der Waals surface area (Å²) in [5.74, 6) is -1.13. The van der Waals surface area contributed by atoms with Gasteiger partial charge in [-0.05, 0) is 60.4 Å². The molecule has 94 heavy (non-hydrogen) atoms. The lowest BCUT2D eigenvalue weighted by molar-refractivity contribution is -0.138. The van der Waals surface area contributed by atoms with E-state index in [0.717, 1.165) is 50.6 Å². The molecule has 1 aliphatic heterocycles. The maximum absolute atomic E-state index is 14.1.